The summed E-state index contributed by atoms with van der Waals surface area (Å²) in [6.45, 7) is 1.67. The molecular formula is C12H7BrCl3N3O. The van der Waals surface area contributed by atoms with Crippen molar-refractivity contribution in [1.29, 1.82) is 0 Å². The third-order valence-electron chi connectivity index (χ3n) is 2.42. The van der Waals surface area contributed by atoms with Crippen LogP contribution < -0.4 is 5.32 Å². The summed E-state index contributed by atoms with van der Waals surface area (Å²) >= 11 is 21.4. The molecule has 2 aromatic rings. The number of aryl methyl sites for hydroxylation is 1. The Kier molecular flexibility index (Phi) is 4.86. The number of benzene rings is 1. The van der Waals surface area contributed by atoms with Crippen molar-refractivity contribution in [2.45, 2.75) is 6.92 Å². The molecule has 0 bridgehead atoms. The molecule has 2 rings (SSSR count). The van der Waals surface area contributed by atoms with Gasteiger partial charge in [0.05, 0.1) is 21.3 Å². The first kappa shape index (κ1) is 15.5. The van der Waals surface area contributed by atoms with E-state index in [1.165, 1.54) is 0 Å². The average Bonchev–Trinajstić information content (AvgIpc) is 2.39. The van der Waals surface area contributed by atoms with Crippen molar-refractivity contribution in [3.05, 3.63) is 43.2 Å². The monoisotopic (exact) mass is 393 g/mol. The van der Waals surface area contributed by atoms with E-state index in [-0.39, 0.29) is 16.5 Å². The predicted molar refractivity (Wildman–Crippen MR) is 84.6 cm³/mol. The molecule has 0 saturated carbocycles. The zero-order chi connectivity index (χ0) is 14.9. The summed E-state index contributed by atoms with van der Waals surface area (Å²) in [6.07, 6.45) is 0.582. The number of hydrogen-bond donors (Lipinski definition) is 1. The number of carbonyl (C=O) groups is 1. The van der Waals surface area contributed by atoms with Gasteiger partial charge < -0.3 is 5.32 Å². The molecule has 1 aromatic heterocycles. The highest BCUT2D eigenvalue weighted by Crippen LogP contribution is 2.37. The van der Waals surface area contributed by atoms with E-state index in [0.29, 0.717) is 32.3 Å². The van der Waals surface area contributed by atoms with Crippen LogP contribution in [0.1, 0.15) is 16.2 Å². The van der Waals surface area contributed by atoms with Gasteiger partial charge in [0, 0.05) is 4.47 Å². The number of halogens is 4. The molecule has 0 atom stereocenters. The van der Waals surface area contributed by atoms with Crippen molar-refractivity contribution in [2.75, 3.05) is 5.32 Å². The standard InChI is InChI=1S/C12H7BrCl3N3O/c1-5-17-11(16)6(4-20)12(18-5)19-8-3-2-7(13)9(14)10(8)15/h2-4H,1H3,(H,17,18,19). The second-order valence-corrected chi connectivity index (χ2v) is 5.76. The van der Waals surface area contributed by atoms with Crippen molar-refractivity contribution >= 4 is 68.5 Å². The Labute approximate surface area is 138 Å². The molecule has 0 amide bonds. The topological polar surface area (TPSA) is 54.9 Å². The lowest BCUT2D eigenvalue weighted by Crippen LogP contribution is -2.03. The molecule has 4 nitrogen and oxygen atoms in total. The molecule has 20 heavy (non-hydrogen) atoms. The van der Waals surface area contributed by atoms with E-state index in [9.17, 15) is 4.79 Å². The Bertz CT molecular complexity index is 694. The quantitative estimate of drug-likeness (QED) is 0.448. The molecular weight excluding hydrogens is 388 g/mol. The fourth-order valence-corrected chi connectivity index (χ4v) is 2.57. The first-order valence-electron chi connectivity index (χ1n) is 5.34. The SMILES string of the molecule is Cc1nc(Cl)c(C=O)c(Nc2ccc(Br)c(Cl)c2Cl)n1. The van der Waals surface area contributed by atoms with Crippen LogP contribution in [-0.4, -0.2) is 16.3 Å². The van der Waals surface area contributed by atoms with Gasteiger partial charge in [-0.2, -0.15) is 0 Å². The number of carbonyl (C=O) groups excluding carboxylic acids is 1. The largest absolute Gasteiger partial charge is 0.338 e. The van der Waals surface area contributed by atoms with Crippen LogP contribution in [0.15, 0.2) is 16.6 Å². The van der Waals surface area contributed by atoms with Crippen molar-refractivity contribution in [3.63, 3.8) is 0 Å². The van der Waals surface area contributed by atoms with Crippen LogP contribution in [0, 0.1) is 6.92 Å². The fourth-order valence-electron chi connectivity index (χ4n) is 1.50. The third-order valence-corrected chi connectivity index (χ3v) is 4.48. The van der Waals surface area contributed by atoms with Gasteiger partial charge in [-0.25, -0.2) is 9.97 Å². The van der Waals surface area contributed by atoms with Gasteiger partial charge in [-0.05, 0) is 35.0 Å². The molecule has 0 radical (unpaired) electrons. The Balaban J connectivity index is 2.50. The number of aldehydes is 1. The van der Waals surface area contributed by atoms with Crippen LogP contribution in [0.25, 0.3) is 0 Å². The normalized spacial score (nSPS) is 10.4. The second kappa shape index (κ2) is 6.26. The molecule has 0 aliphatic heterocycles. The van der Waals surface area contributed by atoms with Crippen molar-refractivity contribution < 1.29 is 4.79 Å². The molecule has 0 spiro atoms. The molecule has 0 aliphatic rings. The molecule has 0 fully saturated rings. The first-order chi connectivity index (χ1) is 9.43. The van der Waals surface area contributed by atoms with E-state index in [0.717, 1.165) is 0 Å². The number of rotatable bonds is 3. The highest BCUT2D eigenvalue weighted by atomic mass is 79.9. The van der Waals surface area contributed by atoms with E-state index in [1.54, 1.807) is 19.1 Å². The summed E-state index contributed by atoms with van der Waals surface area (Å²) in [6, 6.07) is 3.44. The summed E-state index contributed by atoms with van der Waals surface area (Å²) < 4.78 is 0.669. The molecule has 104 valence electrons. The van der Waals surface area contributed by atoms with Gasteiger partial charge in [0.1, 0.15) is 16.8 Å². The minimum absolute atomic E-state index is 0.0781. The zero-order valence-electron chi connectivity index (χ0n) is 10.0. The van der Waals surface area contributed by atoms with Crippen LogP contribution in [0.2, 0.25) is 15.2 Å². The Morgan fingerprint density at radius 2 is 1.90 bits per heavy atom. The number of aromatic nitrogens is 2. The maximum absolute atomic E-state index is 11.1. The smallest absolute Gasteiger partial charge is 0.156 e. The van der Waals surface area contributed by atoms with E-state index in [1.807, 2.05) is 0 Å². The van der Waals surface area contributed by atoms with Gasteiger partial charge in [-0.15, -0.1) is 0 Å². The van der Waals surface area contributed by atoms with Crippen molar-refractivity contribution in [2.24, 2.45) is 0 Å². The van der Waals surface area contributed by atoms with Crippen molar-refractivity contribution in [3.8, 4) is 0 Å². The van der Waals surface area contributed by atoms with Gasteiger partial charge in [0.2, 0.25) is 0 Å². The molecule has 8 heteroatoms. The summed E-state index contributed by atoms with van der Waals surface area (Å²) in [7, 11) is 0. The summed E-state index contributed by atoms with van der Waals surface area (Å²) in [4.78, 5) is 19.1. The lowest BCUT2D eigenvalue weighted by molar-refractivity contribution is 0.112. The average molecular weight is 395 g/mol. The molecule has 0 saturated heterocycles. The molecule has 0 unspecified atom stereocenters. The Morgan fingerprint density at radius 3 is 2.55 bits per heavy atom. The predicted octanol–water partition coefficient (Wildman–Crippen LogP) is 5.06. The molecule has 0 aliphatic carbocycles. The van der Waals surface area contributed by atoms with E-state index in [2.05, 4.69) is 31.2 Å². The minimum atomic E-state index is 0.0781. The first-order valence-corrected chi connectivity index (χ1v) is 7.26. The lowest BCUT2D eigenvalue weighted by Gasteiger charge is -2.12. The third kappa shape index (κ3) is 3.06. The lowest BCUT2D eigenvalue weighted by atomic mass is 10.3. The zero-order valence-corrected chi connectivity index (χ0v) is 13.9. The van der Waals surface area contributed by atoms with Crippen LogP contribution >= 0.6 is 50.7 Å². The second-order valence-electron chi connectivity index (χ2n) is 3.79. The van der Waals surface area contributed by atoms with Gasteiger partial charge in [0.25, 0.3) is 0 Å². The highest BCUT2D eigenvalue weighted by molar-refractivity contribution is 9.10. The van der Waals surface area contributed by atoms with Crippen LogP contribution in [-0.2, 0) is 0 Å². The molecule has 1 heterocycles. The Hall–Kier alpha value is -0.880. The van der Waals surface area contributed by atoms with Crippen LogP contribution in [0.4, 0.5) is 11.5 Å². The van der Waals surface area contributed by atoms with E-state index in [4.69, 9.17) is 34.8 Å². The van der Waals surface area contributed by atoms with Crippen LogP contribution in [0.3, 0.4) is 0 Å². The fraction of sp³-hybridized carbons (Fsp3) is 0.0833. The summed E-state index contributed by atoms with van der Waals surface area (Å²) in [5.41, 5.74) is 0.671. The summed E-state index contributed by atoms with van der Waals surface area (Å²) in [5.74, 6) is 0.709. The number of anilines is 2. The van der Waals surface area contributed by atoms with Crippen molar-refractivity contribution in [1.82, 2.24) is 9.97 Å². The number of hydrogen-bond acceptors (Lipinski definition) is 4. The maximum atomic E-state index is 11.1. The Morgan fingerprint density at radius 1 is 1.20 bits per heavy atom. The number of nitrogens with one attached hydrogen (secondary N) is 1. The van der Waals surface area contributed by atoms with E-state index >= 15 is 0 Å². The van der Waals surface area contributed by atoms with Crippen LogP contribution in [0.5, 0.6) is 0 Å². The molecule has 1 aromatic carbocycles. The van der Waals surface area contributed by atoms with Gasteiger partial charge in [-0.3, -0.25) is 4.79 Å². The molecule has 1 N–H and O–H groups in total. The number of nitrogens with zero attached hydrogens (tertiary/aromatic N) is 2. The summed E-state index contributed by atoms with van der Waals surface area (Å²) in [5, 5.41) is 3.69. The van der Waals surface area contributed by atoms with Gasteiger partial charge in [0.15, 0.2) is 6.29 Å². The van der Waals surface area contributed by atoms with E-state index < -0.39 is 0 Å². The maximum Gasteiger partial charge on any atom is 0.156 e. The minimum Gasteiger partial charge on any atom is -0.338 e. The highest BCUT2D eigenvalue weighted by Gasteiger charge is 2.14. The van der Waals surface area contributed by atoms with Gasteiger partial charge in [-0.1, -0.05) is 34.8 Å². The van der Waals surface area contributed by atoms with Gasteiger partial charge >= 0.3 is 0 Å².